The van der Waals surface area contributed by atoms with E-state index in [1.54, 1.807) is 18.1 Å². The first kappa shape index (κ1) is 18.2. The number of hydrogen-bond donors (Lipinski definition) is 0. The Balaban J connectivity index is 1.92. The predicted molar refractivity (Wildman–Crippen MR) is 96.1 cm³/mol. The van der Waals surface area contributed by atoms with Crippen LogP contribution in [0.4, 0.5) is 15.0 Å². The molecule has 1 aromatic heterocycles. The Kier molecular flexibility index (Phi) is 5.70. The summed E-state index contributed by atoms with van der Waals surface area (Å²) in [7, 11) is 1.77. The summed E-state index contributed by atoms with van der Waals surface area (Å²) >= 11 is 1.93. The summed E-state index contributed by atoms with van der Waals surface area (Å²) in [6.07, 6.45) is 2.87. The molecule has 2 heterocycles. The molecule has 0 unspecified atom stereocenters. The van der Waals surface area contributed by atoms with Crippen molar-refractivity contribution in [3.8, 4) is 0 Å². The topological polar surface area (TPSA) is 45.7 Å². The Labute approximate surface area is 150 Å². The smallest absolute Gasteiger partial charge is 0.410 e. The molecule has 0 atom stereocenters. The molecule has 0 aliphatic carbocycles. The number of aromatic nitrogens is 1. The maximum absolute atomic E-state index is 13.7. The fraction of sp³-hybridized carbons (Fsp3) is 0.625. The van der Waals surface area contributed by atoms with Crippen LogP contribution < -0.4 is 4.90 Å². The van der Waals surface area contributed by atoms with E-state index in [0.29, 0.717) is 9.39 Å². The summed E-state index contributed by atoms with van der Waals surface area (Å²) in [6, 6.07) is 1.61. The minimum absolute atomic E-state index is 0.134. The SMILES string of the molecule is CN(C(=O)OC(C)(C)C)C1CCN(c2cc(F)c(I)cn2)CC1. The van der Waals surface area contributed by atoms with E-state index in [2.05, 4.69) is 9.88 Å². The van der Waals surface area contributed by atoms with Gasteiger partial charge in [-0.15, -0.1) is 0 Å². The summed E-state index contributed by atoms with van der Waals surface area (Å²) in [6.45, 7) is 7.06. The molecular weight excluding hydrogens is 412 g/mol. The first-order valence-electron chi connectivity index (χ1n) is 7.69. The highest BCUT2D eigenvalue weighted by molar-refractivity contribution is 14.1. The van der Waals surface area contributed by atoms with Gasteiger partial charge in [0.15, 0.2) is 0 Å². The lowest BCUT2D eigenvalue weighted by molar-refractivity contribution is 0.0201. The fourth-order valence-corrected chi connectivity index (χ4v) is 2.84. The second-order valence-corrected chi connectivity index (χ2v) is 7.93. The van der Waals surface area contributed by atoms with Crippen molar-refractivity contribution < 1.29 is 13.9 Å². The number of carbonyl (C=O) groups is 1. The van der Waals surface area contributed by atoms with Crippen molar-refractivity contribution in [1.82, 2.24) is 9.88 Å². The number of halogens is 2. The summed E-state index contributed by atoms with van der Waals surface area (Å²) in [5, 5.41) is 0. The zero-order valence-corrected chi connectivity index (χ0v) is 16.1. The molecule has 1 amide bonds. The largest absolute Gasteiger partial charge is 0.444 e. The number of pyridine rings is 1. The van der Waals surface area contributed by atoms with Gasteiger partial charge in [-0.2, -0.15) is 0 Å². The first-order chi connectivity index (χ1) is 10.7. The molecule has 23 heavy (non-hydrogen) atoms. The number of hydrogen-bond acceptors (Lipinski definition) is 4. The second-order valence-electron chi connectivity index (χ2n) is 6.77. The van der Waals surface area contributed by atoms with Gasteiger partial charge in [0.25, 0.3) is 0 Å². The number of nitrogens with zero attached hydrogens (tertiary/aromatic N) is 3. The van der Waals surface area contributed by atoms with E-state index in [1.807, 2.05) is 43.4 Å². The van der Waals surface area contributed by atoms with E-state index in [4.69, 9.17) is 4.74 Å². The number of anilines is 1. The predicted octanol–water partition coefficient (Wildman–Crippen LogP) is 3.66. The van der Waals surface area contributed by atoms with E-state index < -0.39 is 5.60 Å². The molecule has 0 N–H and O–H groups in total. The van der Waals surface area contributed by atoms with Crippen molar-refractivity contribution in [3.63, 3.8) is 0 Å². The van der Waals surface area contributed by atoms with E-state index in [0.717, 1.165) is 25.9 Å². The molecule has 128 valence electrons. The van der Waals surface area contributed by atoms with Crippen LogP contribution in [-0.2, 0) is 4.74 Å². The fourth-order valence-electron chi connectivity index (χ4n) is 2.54. The van der Waals surface area contributed by atoms with Gasteiger partial charge in [-0.25, -0.2) is 14.2 Å². The summed E-state index contributed by atoms with van der Waals surface area (Å²) in [5.74, 6) is 0.407. The molecule has 1 fully saturated rings. The minimum Gasteiger partial charge on any atom is -0.444 e. The Morgan fingerprint density at radius 2 is 2.04 bits per heavy atom. The van der Waals surface area contributed by atoms with E-state index in [9.17, 15) is 9.18 Å². The lowest BCUT2D eigenvalue weighted by Crippen LogP contribution is -2.47. The van der Waals surface area contributed by atoms with E-state index >= 15 is 0 Å². The molecular formula is C16H23FIN3O2. The lowest BCUT2D eigenvalue weighted by atomic mass is 10.0. The number of rotatable bonds is 2. The van der Waals surface area contributed by atoms with Crippen molar-refractivity contribution in [2.75, 3.05) is 25.0 Å². The Bertz CT molecular complexity index is 569. The van der Waals surface area contributed by atoms with Crippen LogP contribution in [0.2, 0.25) is 0 Å². The van der Waals surface area contributed by atoms with Crippen LogP contribution in [0, 0.1) is 9.39 Å². The van der Waals surface area contributed by atoms with Crippen molar-refractivity contribution >= 4 is 34.5 Å². The average Bonchev–Trinajstić information content (AvgIpc) is 2.48. The number of piperidine rings is 1. The van der Waals surface area contributed by atoms with Crippen LogP contribution in [0.1, 0.15) is 33.6 Å². The highest BCUT2D eigenvalue weighted by Gasteiger charge is 2.29. The molecule has 0 radical (unpaired) electrons. The van der Waals surface area contributed by atoms with Crippen molar-refractivity contribution in [2.24, 2.45) is 0 Å². The number of amides is 1. The molecule has 1 aromatic rings. The standard InChI is InChI=1S/C16H23FIN3O2/c1-16(2,3)23-15(22)20(4)11-5-7-21(8-6-11)14-9-12(17)13(18)10-19-14/h9-11H,5-8H2,1-4H3. The highest BCUT2D eigenvalue weighted by atomic mass is 127. The Morgan fingerprint density at radius 1 is 1.43 bits per heavy atom. The zero-order valence-electron chi connectivity index (χ0n) is 14.0. The molecule has 2 rings (SSSR count). The van der Waals surface area contributed by atoms with Crippen molar-refractivity contribution in [3.05, 3.63) is 21.7 Å². The Morgan fingerprint density at radius 3 is 2.57 bits per heavy atom. The van der Waals surface area contributed by atoms with Gasteiger partial charge in [0, 0.05) is 38.4 Å². The molecule has 1 aliphatic heterocycles. The molecule has 7 heteroatoms. The normalized spacial score (nSPS) is 16.3. The minimum atomic E-state index is -0.491. The molecule has 0 bridgehead atoms. The third-order valence-electron chi connectivity index (χ3n) is 3.81. The van der Waals surface area contributed by atoms with Gasteiger partial charge in [0.2, 0.25) is 0 Å². The number of ether oxygens (including phenoxy) is 1. The molecule has 0 saturated carbocycles. The summed E-state index contributed by atoms with van der Waals surface area (Å²) < 4.78 is 19.6. The quantitative estimate of drug-likeness (QED) is 0.666. The summed E-state index contributed by atoms with van der Waals surface area (Å²) in [5.41, 5.74) is -0.491. The van der Waals surface area contributed by atoms with Gasteiger partial charge in [-0.05, 0) is 56.2 Å². The van der Waals surface area contributed by atoms with Crippen LogP contribution in [0.15, 0.2) is 12.3 Å². The lowest BCUT2D eigenvalue weighted by Gasteiger charge is -2.37. The van der Waals surface area contributed by atoms with Crippen molar-refractivity contribution in [2.45, 2.75) is 45.3 Å². The Hall–Kier alpha value is -1.12. The van der Waals surface area contributed by atoms with Crippen LogP contribution in [0.5, 0.6) is 0 Å². The van der Waals surface area contributed by atoms with Gasteiger partial charge in [-0.1, -0.05) is 0 Å². The van der Waals surface area contributed by atoms with Crippen LogP contribution >= 0.6 is 22.6 Å². The van der Waals surface area contributed by atoms with Crippen LogP contribution in [0.25, 0.3) is 0 Å². The maximum atomic E-state index is 13.7. The monoisotopic (exact) mass is 435 g/mol. The van der Waals surface area contributed by atoms with Gasteiger partial charge in [0.05, 0.1) is 3.57 Å². The molecule has 0 aromatic carbocycles. The molecule has 1 saturated heterocycles. The summed E-state index contributed by atoms with van der Waals surface area (Å²) in [4.78, 5) is 20.1. The third kappa shape index (κ3) is 4.92. The van der Waals surface area contributed by atoms with Crippen molar-refractivity contribution in [1.29, 1.82) is 0 Å². The van der Waals surface area contributed by atoms with Crippen LogP contribution in [-0.4, -0.2) is 47.8 Å². The molecule has 5 nitrogen and oxygen atoms in total. The van der Waals surface area contributed by atoms with E-state index in [1.165, 1.54) is 6.07 Å². The average molecular weight is 435 g/mol. The number of carbonyl (C=O) groups excluding carboxylic acids is 1. The van der Waals surface area contributed by atoms with Crippen LogP contribution in [0.3, 0.4) is 0 Å². The molecule has 1 aliphatic rings. The maximum Gasteiger partial charge on any atom is 0.410 e. The van der Waals surface area contributed by atoms with Gasteiger partial charge in [0.1, 0.15) is 17.2 Å². The molecule has 0 spiro atoms. The van der Waals surface area contributed by atoms with Gasteiger partial charge < -0.3 is 14.5 Å². The van der Waals surface area contributed by atoms with E-state index in [-0.39, 0.29) is 18.0 Å². The second kappa shape index (κ2) is 7.19. The third-order valence-corrected chi connectivity index (χ3v) is 4.61. The van der Waals surface area contributed by atoms with Gasteiger partial charge in [-0.3, -0.25) is 0 Å². The van der Waals surface area contributed by atoms with Gasteiger partial charge >= 0.3 is 6.09 Å². The highest BCUT2D eigenvalue weighted by Crippen LogP contribution is 2.23. The first-order valence-corrected chi connectivity index (χ1v) is 8.77. The zero-order chi connectivity index (χ0) is 17.2.